The lowest BCUT2D eigenvalue weighted by atomic mass is 10.3. The molecule has 84 valence electrons. The highest BCUT2D eigenvalue weighted by Gasteiger charge is 2.25. The van der Waals surface area contributed by atoms with Gasteiger partial charge in [-0.15, -0.1) is 0 Å². The zero-order chi connectivity index (χ0) is 11.1. The molecule has 1 unspecified atom stereocenters. The maximum Gasteiger partial charge on any atom is 0.197 e. The van der Waals surface area contributed by atoms with Gasteiger partial charge in [0.05, 0.1) is 21.8 Å². The lowest BCUT2D eigenvalue weighted by Gasteiger charge is -1.94. The van der Waals surface area contributed by atoms with E-state index in [4.69, 9.17) is 5.73 Å². The number of aromatic nitrogens is 2. The van der Waals surface area contributed by atoms with Crippen molar-refractivity contribution < 1.29 is 4.21 Å². The molecule has 0 saturated heterocycles. The van der Waals surface area contributed by atoms with Gasteiger partial charge in [-0.05, 0) is 37.0 Å². The van der Waals surface area contributed by atoms with Crippen molar-refractivity contribution in [2.24, 2.45) is 5.92 Å². The second kappa shape index (κ2) is 3.59. The molecule has 0 radical (unpaired) electrons. The zero-order valence-corrected chi connectivity index (χ0v) is 9.59. The predicted octanol–water partition coefficient (Wildman–Crippen LogP) is 1.66. The van der Waals surface area contributed by atoms with Gasteiger partial charge in [0.25, 0.3) is 0 Å². The number of imidazole rings is 1. The molecule has 2 aromatic rings. The van der Waals surface area contributed by atoms with Crippen molar-refractivity contribution in [2.45, 2.75) is 18.0 Å². The summed E-state index contributed by atoms with van der Waals surface area (Å²) in [7, 11) is -0.998. The molecule has 0 amide bonds. The number of hydrogen-bond donors (Lipinski definition) is 2. The van der Waals surface area contributed by atoms with Crippen molar-refractivity contribution in [3.63, 3.8) is 0 Å². The third-order valence-corrected chi connectivity index (χ3v) is 4.18. The first-order valence-electron chi connectivity index (χ1n) is 5.36. The summed E-state index contributed by atoms with van der Waals surface area (Å²) in [6.45, 7) is 0. The molecule has 1 aliphatic carbocycles. The third kappa shape index (κ3) is 1.82. The molecule has 5 heteroatoms. The minimum absolute atomic E-state index is 0.576. The van der Waals surface area contributed by atoms with Gasteiger partial charge in [-0.1, -0.05) is 0 Å². The van der Waals surface area contributed by atoms with E-state index in [-0.39, 0.29) is 0 Å². The number of nitrogen functional groups attached to an aromatic ring is 1. The minimum atomic E-state index is -0.998. The number of hydrogen-bond acceptors (Lipinski definition) is 3. The largest absolute Gasteiger partial charge is 0.399 e. The summed E-state index contributed by atoms with van der Waals surface area (Å²) in [6, 6.07) is 5.47. The fourth-order valence-electron chi connectivity index (χ4n) is 1.69. The number of anilines is 1. The lowest BCUT2D eigenvalue weighted by Crippen LogP contribution is -2.01. The Balaban J connectivity index is 1.94. The SMILES string of the molecule is Nc1ccc2nc(S(=O)CC3CC3)[nH]c2c1. The smallest absolute Gasteiger partial charge is 0.197 e. The van der Waals surface area contributed by atoms with Crippen molar-refractivity contribution in [3.8, 4) is 0 Å². The van der Waals surface area contributed by atoms with Crippen LogP contribution < -0.4 is 5.73 Å². The van der Waals surface area contributed by atoms with Crippen LogP contribution in [0.2, 0.25) is 0 Å². The molecule has 1 fully saturated rings. The van der Waals surface area contributed by atoms with Gasteiger partial charge >= 0.3 is 0 Å². The number of fused-ring (bicyclic) bond motifs is 1. The molecular weight excluding hydrogens is 222 g/mol. The number of aromatic amines is 1. The van der Waals surface area contributed by atoms with Crippen LogP contribution in [-0.2, 0) is 10.8 Å². The molecule has 1 aromatic carbocycles. The normalized spacial score (nSPS) is 17.8. The van der Waals surface area contributed by atoms with Crippen LogP contribution in [0, 0.1) is 5.92 Å². The van der Waals surface area contributed by atoms with E-state index in [1.165, 1.54) is 12.8 Å². The number of nitrogens with one attached hydrogen (secondary N) is 1. The first kappa shape index (κ1) is 9.84. The Morgan fingerprint density at radius 1 is 1.50 bits per heavy atom. The molecule has 0 bridgehead atoms. The molecule has 1 heterocycles. The van der Waals surface area contributed by atoms with Gasteiger partial charge in [-0.2, -0.15) is 0 Å². The van der Waals surface area contributed by atoms with E-state index in [9.17, 15) is 4.21 Å². The van der Waals surface area contributed by atoms with Gasteiger partial charge in [0.2, 0.25) is 0 Å². The molecule has 0 spiro atoms. The van der Waals surface area contributed by atoms with Crippen molar-refractivity contribution in [1.82, 2.24) is 9.97 Å². The van der Waals surface area contributed by atoms with E-state index in [0.29, 0.717) is 16.8 Å². The highest BCUT2D eigenvalue weighted by Crippen LogP contribution is 2.30. The number of nitrogens with zero attached hydrogens (tertiary/aromatic N) is 1. The van der Waals surface area contributed by atoms with E-state index in [1.54, 1.807) is 6.07 Å². The average Bonchev–Trinajstić information content (AvgIpc) is 2.95. The summed E-state index contributed by atoms with van der Waals surface area (Å²) in [4.78, 5) is 7.40. The molecule has 16 heavy (non-hydrogen) atoms. The van der Waals surface area contributed by atoms with Crippen LogP contribution in [0.4, 0.5) is 5.69 Å². The maximum absolute atomic E-state index is 11.9. The topological polar surface area (TPSA) is 71.8 Å². The van der Waals surface area contributed by atoms with E-state index < -0.39 is 10.8 Å². The minimum Gasteiger partial charge on any atom is -0.399 e. The van der Waals surface area contributed by atoms with Crippen molar-refractivity contribution in [2.75, 3.05) is 11.5 Å². The molecule has 0 aliphatic heterocycles. The van der Waals surface area contributed by atoms with Crippen LogP contribution in [0.5, 0.6) is 0 Å². The summed E-state index contributed by atoms with van der Waals surface area (Å²) in [6.07, 6.45) is 2.41. The maximum atomic E-state index is 11.9. The Morgan fingerprint density at radius 3 is 3.06 bits per heavy atom. The van der Waals surface area contributed by atoms with E-state index in [1.807, 2.05) is 12.1 Å². The zero-order valence-electron chi connectivity index (χ0n) is 8.77. The average molecular weight is 235 g/mol. The van der Waals surface area contributed by atoms with Gasteiger partial charge < -0.3 is 10.7 Å². The molecule has 3 rings (SSSR count). The second-order valence-corrected chi connectivity index (χ2v) is 5.69. The Labute approximate surface area is 95.7 Å². The standard InChI is InChI=1S/C11H13N3OS/c12-8-3-4-9-10(5-8)14-11(13-9)16(15)6-7-1-2-7/h3-5,7H,1-2,6,12H2,(H,13,14). The summed E-state index contributed by atoms with van der Waals surface area (Å²) in [5, 5.41) is 0.576. The first-order chi connectivity index (χ1) is 7.72. The quantitative estimate of drug-likeness (QED) is 0.795. The fraction of sp³-hybridized carbons (Fsp3) is 0.364. The highest BCUT2D eigenvalue weighted by atomic mass is 32.2. The summed E-state index contributed by atoms with van der Waals surface area (Å²) in [5.74, 6) is 1.37. The predicted molar refractivity (Wildman–Crippen MR) is 64.5 cm³/mol. The lowest BCUT2D eigenvalue weighted by molar-refractivity contribution is 0.674. The van der Waals surface area contributed by atoms with E-state index in [2.05, 4.69) is 9.97 Å². The van der Waals surface area contributed by atoms with Gasteiger partial charge in [0.15, 0.2) is 5.16 Å². The Morgan fingerprint density at radius 2 is 2.31 bits per heavy atom. The molecule has 4 nitrogen and oxygen atoms in total. The van der Waals surface area contributed by atoms with Gasteiger partial charge in [-0.3, -0.25) is 4.21 Å². The number of H-pyrrole nitrogens is 1. The molecule has 1 aromatic heterocycles. The number of rotatable bonds is 3. The van der Waals surface area contributed by atoms with Gasteiger partial charge in [0.1, 0.15) is 0 Å². The van der Waals surface area contributed by atoms with Crippen LogP contribution in [-0.4, -0.2) is 19.9 Å². The van der Waals surface area contributed by atoms with Crippen LogP contribution in [0.1, 0.15) is 12.8 Å². The van der Waals surface area contributed by atoms with E-state index in [0.717, 1.165) is 16.8 Å². The third-order valence-electron chi connectivity index (χ3n) is 2.78. The summed E-state index contributed by atoms with van der Waals surface area (Å²) >= 11 is 0. The van der Waals surface area contributed by atoms with Crippen molar-refractivity contribution in [1.29, 1.82) is 0 Å². The van der Waals surface area contributed by atoms with Gasteiger partial charge in [-0.25, -0.2) is 4.98 Å². The van der Waals surface area contributed by atoms with E-state index >= 15 is 0 Å². The molecule has 3 N–H and O–H groups in total. The fourth-order valence-corrected chi connectivity index (χ4v) is 3.03. The van der Waals surface area contributed by atoms with Crippen molar-refractivity contribution in [3.05, 3.63) is 18.2 Å². The summed E-state index contributed by atoms with van der Waals surface area (Å²) < 4.78 is 11.9. The Bertz CT molecular complexity index is 559. The molecule has 1 atom stereocenters. The molecule has 1 saturated carbocycles. The van der Waals surface area contributed by atoms with Crippen LogP contribution in [0.25, 0.3) is 11.0 Å². The number of nitrogens with two attached hydrogens (primary N) is 1. The van der Waals surface area contributed by atoms with Crippen LogP contribution >= 0.6 is 0 Å². The van der Waals surface area contributed by atoms with Gasteiger partial charge in [0, 0.05) is 11.4 Å². The monoisotopic (exact) mass is 235 g/mol. The summed E-state index contributed by atoms with van der Waals surface area (Å²) in [5.41, 5.74) is 8.05. The first-order valence-corrected chi connectivity index (χ1v) is 6.68. The Kier molecular flexibility index (Phi) is 2.21. The molecular formula is C11H13N3OS. The highest BCUT2D eigenvalue weighted by molar-refractivity contribution is 7.84. The Hall–Kier alpha value is -1.36. The second-order valence-electron chi connectivity index (χ2n) is 4.27. The van der Waals surface area contributed by atoms with Crippen molar-refractivity contribution >= 4 is 27.5 Å². The van der Waals surface area contributed by atoms with Crippen LogP contribution in [0.15, 0.2) is 23.4 Å². The van der Waals surface area contributed by atoms with Crippen LogP contribution in [0.3, 0.4) is 0 Å². The molecule has 1 aliphatic rings. The number of benzene rings is 1.